The number of piperidine rings is 1. The van der Waals surface area contributed by atoms with E-state index in [0.717, 1.165) is 17.0 Å². The molecule has 1 atom stereocenters. The zero-order chi connectivity index (χ0) is 22.8. The first-order valence-corrected chi connectivity index (χ1v) is 11.4. The Hall–Kier alpha value is -3.55. The van der Waals surface area contributed by atoms with E-state index in [1.54, 1.807) is 4.90 Å². The molecule has 0 radical (unpaired) electrons. The Labute approximate surface area is 192 Å². The Bertz CT molecular complexity index is 1050. The number of hydrogen-bond acceptors (Lipinski definition) is 5. The summed E-state index contributed by atoms with van der Waals surface area (Å²) in [5, 5.41) is 3.00. The van der Waals surface area contributed by atoms with Crippen LogP contribution in [-0.2, 0) is 20.9 Å². The number of hydrogen-bond donors (Lipinski definition) is 1. The number of ether oxygens (including phenoxy) is 2. The maximum atomic E-state index is 13.0. The van der Waals surface area contributed by atoms with Gasteiger partial charge in [-0.3, -0.25) is 14.4 Å². The van der Waals surface area contributed by atoms with Gasteiger partial charge in [-0.1, -0.05) is 24.3 Å². The Kier molecular flexibility index (Phi) is 5.90. The first-order chi connectivity index (χ1) is 16.1. The molecule has 0 spiro atoms. The highest BCUT2D eigenvalue weighted by atomic mass is 16.7. The lowest BCUT2D eigenvalue weighted by molar-refractivity contribution is -0.139. The molecule has 1 unspecified atom stereocenters. The number of rotatable bonds is 5. The first kappa shape index (κ1) is 21.3. The van der Waals surface area contributed by atoms with Gasteiger partial charge in [0.05, 0.1) is 5.92 Å². The molecule has 3 aliphatic heterocycles. The van der Waals surface area contributed by atoms with E-state index in [4.69, 9.17) is 9.47 Å². The molecule has 33 heavy (non-hydrogen) atoms. The van der Waals surface area contributed by atoms with Gasteiger partial charge in [-0.15, -0.1) is 0 Å². The normalized spacial score (nSPS) is 20.2. The van der Waals surface area contributed by atoms with Crippen molar-refractivity contribution in [2.24, 2.45) is 11.8 Å². The monoisotopic (exact) mass is 449 g/mol. The first-order valence-electron chi connectivity index (χ1n) is 11.4. The minimum Gasteiger partial charge on any atom is -0.454 e. The van der Waals surface area contributed by atoms with E-state index >= 15 is 0 Å². The molecule has 3 amide bonds. The average Bonchev–Trinajstić information content (AvgIpc) is 3.49. The summed E-state index contributed by atoms with van der Waals surface area (Å²) >= 11 is 0. The van der Waals surface area contributed by atoms with Crippen molar-refractivity contribution in [3.63, 3.8) is 0 Å². The van der Waals surface area contributed by atoms with Crippen LogP contribution in [-0.4, -0.2) is 49.0 Å². The summed E-state index contributed by atoms with van der Waals surface area (Å²) in [6.45, 7) is 2.14. The fourth-order valence-electron chi connectivity index (χ4n) is 4.74. The molecule has 3 aliphatic rings. The van der Waals surface area contributed by atoms with Crippen LogP contribution >= 0.6 is 0 Å². The molecule has 0 saturated carbocycles. The van der Waals surface area contributed by atoms with Crippen molar-refractivity contribution in [3.8, 4) is 11.5 Å². The summed E-state index contributed by atoms with van der Waals surface area (Å²) in [6, 6.07) is 15.1. The van der Waals surface area contributed by atoms with Gasteiger partial charge in [0.2, 0.25) is 24.5 Å². The second kappa shape index (κ2) is 9.13. The molecule has 172 valence electrons. The van der Waals surface area contributed by atoms with Crippen molar-refractivity contribution in [3.05, 3.63) is 54.1 Å². The maximum absolute atomic E-state index is 13.0. The number of benzene rings is 2. The Morgan fingerprint density at radius 1 is 0.970 bits per heavy atom. The second-order valence-corrected chi connectivity index (χ2v) is 8.75. The molecule has 3 heterocycles. The number of amides is 3. The molecule has 2 aromatic carbocycles. The smallest absolute Gasteiger partial charge is 0.231 e. The van der Waals surface area contributed by atoms with Crippen molar-refractivity contribution < 1.29 is 23.9 Å². The molecule has 5 rings (SSSR count). The largest absolute Gasteiger partial charge is 0.454 e. The lowest BCUT2D eigenvalue weighted by atomic mass is 9.94. The van der Waals surface area contributed by atoms with E-state index in [9.17, 15) is 14.4 Å². The van der Waals surface area contributed by atoms with Crippen LogP contribution in [0.3, 0.4) is 0 Å². The van der Waals surface area contributed by atoms with Gasteiger partial charge in [0.15, 0.2) is 11.5 Å². The van der Waals surface area contributed by atoms with E-state index in [2.05, 4.69) is 5.32 Å². The van der Waals surface area contributed by atoms with Crippen LogP contribution < -0.4 is 19.7 Å². The minimum atomic E-state index is -0.325. The lowest BCUT2D eigenvalue weighted by Gasteiger charge is -2.33. The summed E-state index contributed by atoms with van der Waals surface area (Å²) in [5.74, 6) is 0.982. The maximum Gasteiger partial charge on any atom is 0.231 e. The third-order valence-corrected chi connectivity index (χ3v) is 6.62. The number of carbonyl (C=O) groups excluding carboxylic acids is 3. The fourth-order valence-corrected chi connectivity index (χ4v) is 4.74. The zero-order valence-electron chi connectivity index (χ0n) is 18.4. The van der Waals surface area contributed by atoms with Gasteiger partial charge in [-0.25, -0.2) is 0 Å². The van der Waals surface area contributed by atoms with Crippen LogP contribution in [0.5, 0.6) is 11.5 Å². The third-order valence-electron chi connectivity index (χ3n) is 6.62. The van der Waals surface area contributed by atoms with Crippen molar-refractivity contribution in [2.75, 3.05) is 31.3 Å². The van der Waals surface area contributed by atoms with E-state index < -0.39 is 0 Å². The van der Waals surface area contributed by atoms with Crippen molar-refractivity contribution in [1.82, 2.24) is 10.2 Å². The standard InChI is InChI=1S/C25H27N3O5/c29-23-13-19(15-28(23)20-4-2-1-3-5-20)25(31)27-10-8-18(9-11-27)24(30)26-14-17-6-7-21-22(12-17)33-16-32-21/h1-7,12,18-19H,8-11,13-16H2,(H,26,30). The van der Waals surface area contributed by atoms with Crippen LogP contribution in [0.1, 0.15) is 24.8 Å². The van der Waals surface area contributed by atoms with Crippen LogP contribution in [0.4, 0.5) is 5.69 Å². The van der Waals surface area contributed by atoms with Crippen molar-refractivity contribution in [2.45, 2.75) is 25.8 Å². The minimum absolute atomic E-state index is 0.00561. The van der Waals surface area contributed by atoms with E-state index in [-0.39, 0.29) is 42.8 Å². The van der Waals surface area contributed by atoms with E-state index in [0.29, 0.717) is 44.8 Å². The number of nitrogens with zero attached hydrogens (tertiary/aromatic N) is 2. The number of likely N-dealkylation sites (tertiary alicyclic amines) is 1. The predicted octanol–water partition coefficient (Wildman–Crippen LogP) is 2.32. The van der Waals surface area contributed by atoms with Gasteiger partial charge >= 0.3 is 0 Å². The molecule has 1 N–H and O–H groups in total. The predicted molar refractivity (Wildman–Crippen MR) is 121 cm³/mol. The number of fused-ring (bicyclic) bond motifs is 1. The quantitative estimate of drug-likeness (QED) is 0.757. The average molecular weight is 450 g/mol. The summed E-state index contributed by atoms with van der Waals surface area (Å²) in [7, 11) is 0. The molecular formula is C25H27N3O5. The topological polar surface area (TPSA) is 88.2 Å². The highest BCUT2D eigenvalue weighted by Crippen LogP contribution is 2.32. The second-order valence-electron chi connectivity index (χ2n) is 8.75. The molecule has 0 aliphatic carbocycles. The fraction of sp³-hybridized carbons (Fsp3) is 0.400. The van der Waals surface area contributed by atoms with Gasteiger partial charge < -0.3 is 24.6 Å². The molecule has 2 fully saturated rings. The van der Waals surface area contributed by atoms with Gasteiger partial charge in [-0.05, 0) is 42.7 Å². The van der Waals surface area contributed by atoms with Gasteiger partial charge in [0, 0.05) is 44.2 Å². The Morgan fingerprint density at radius 2 is 1.73 bits per heavy atom. The Morgan fingerprint density at radius 3 is 2.52 bits per heavy atom. The summed E-state index contributed by atoms with van der Waals surface area (Å²) in [6.07, 6.45) is 1.49. The molecule has 8 nitrogen and oxygen atoms in total. The van der Waals surface area contributed by atoms with Crippen molar-refractivity contribution >= 4 is 23.4 Å². The third kappa shape index (κ3) is 4.51. The van der Waals surface area contributed by atoms with Crippen LogP contribution in [0, 0.1) is 11.8 Å². The number of para-hydroxylation sites is 1. The molecule has 0 aromatic heterocycles. The van der Waals surface area contributed by atoms with E-state index in [1.807, 2.05) is 53.4 Å². The van der Waals surface area contributed by atoms with Crippen LogP contribution in [0.2, 0.25) is 0 Å². The highest BCUT2D eigenvalue weighted by Gasteiger charge is 2.38. The molecule has 2 saturated heterocycles. The van der Waals surface area contributed by atoms with Gasteiger partial charge in [0.25, 0.3) is 0 Å². The van der Waals surface area contributed by atoms with Crippen LogP contribution in [0.15, 0.2) is 48.5 Å². The zero-order valence-corrected chi connectivity index (χ0v) is 18.4. The highest BCUT2D eigenvalue weighted by molar-refractivity contribution is 6.00. The molecular weight excluding hydrogens is 422 g/mol. The van der Waals surface area contributed by atoms with Crippen molar-refractivity contribution in [1.29, 1.82) is 0 Å². The SMILES string of the molecule is O=C(NCc1ccc2c(c1)OCO2)C1CCN(C(=O)C2CC(=O)N(c3ccccc3)C2)CC1. The molecule has 0 bridgehead atoms. The molecule has 2 aromatic rings. The summed E-state index contributed by atoms with van der Waals surface area (Å²) in [5.41, 5.74) is 1.78. The van der Waals surface area contributed by atoms with E-state index in [1.165, 1.54) is 0 Å². The van der Waals surface area contributed by atoms with Gasteiger partial charge in [0.1, 0.15) is 0 Å². The number of carbonyl (C=O) groups is 3. The number of anilines is 1. The van der Waals surface area contributed by atoms with Gasteiger partial charge in [-0.2, -0.15) is 0 Å². The summed E-state index contributed by atoms with van der Waals surface area (Å²) < 4.78 is 10.7. The molecule has 8 heteroatoms. The summed E-state index contributed by atoms with van der Waals surface area (Å²) in [4.78, 5) is 41.6. The lowest BCUT2D eigenvalue weighted by Crippen LogP contribution is -2.45. The van der Waals surface area contributed by atoms with Crippen LogP contribution in [0.25, 0.3) is 0 Å². The Balaban J connectivity index is 1.10. The number of nitrogens with one attached hydrogen (secondary N) is 1.